The Morgan fingerprint density at radius 2 is 1.72 bits per heavy atom. The van der Waals surface area contributed by atoms with E-state index in [9.17, 15) is 9.59 Å². The molecule has 1 atom stereocenters. The molecule has 4 nitrogen and oxygen atoms in total. The van der Waals surface area contributed by atoms with Crippen molar-refractivity contribution in [3.63, 3.8) is 0 Å². The first-order chi connectivity index (χ1) is 8.40. The van der Waals surface area contributed by atoms with Gasteiger partial charge in [0.05, 0.1) is 0 Å². The van der Waals surface area contributed by atoms with Crippen LogP contribution in [0.3, 0.4) is 0 Å². The van der Waals surface area contributed by atoms with Crippen LogP contribution in [0.15, 0.2) is 0 Å². The van der Waals surface area contributed by atoms with Gasteiger partial charge in [-0.2, -0.15) is 0 Å². The first-order valence-electron chi connectivity index (χ1n) is 6.81. The van der Waals surface area contributed by atoms with E-state index in [4.69, 9.17) is 0 Å². The maximum atomic E-state index is 11.9. The molecule has 0 aromatic rings. The third-order valence-electron chi connectivity index (χ3n) is 3.55. The van der Waals surface area contributed by atoms with Gasteiger partial charge in [-0.25, -0.2) is 0 Å². The van der Waals surface area contributed by atoms with Crippen LogP contribution >= 0.6 is 0 Å². The molecule has 0 bridgehead atoms. The molecule has 0 aliphatic heterocycles. The second-order valence-corrected chi connectivity index (χ2v) is 5.39. The fourth-order valence-electron chi connectivity index (χ4n) is 1.72. The largest absolute Gasteiger partial charge is 0.348 e. The Bertz CT molecular complexity index is 254. The van der Waals surface area contributed by atoms with Crippen molar-refractivity contribution in [2.24, 2.45) is 5.92 Å². The lowest BCUT2D eigenvalue weighted by molar-refractivity contribution is -0.132. The second-order valence-electron chi connectivity index (χ2n) is 5.39. The van der Waals surface area contributed by atoms with E-state index < -0.39 is 0 Å². The summed E-state index contributed by atoms with van der Waals surface area (Å²) in [5.74, 6) is 0.708. The molecule has 0 aliphatic carbocycles. The average molecular weight is 256 g/mol. The number of nitrogens with zero attached hydrogens (tertiary/aromatic N) is 2. The highest BCUT2D eigenvalue weighted by Gasteiger charge is 2.17. The number of amides is 2. The summed E-state index contributed by atoms with van der Waals surface area (Å²) < 4.78 is 0. The molecule has 1 unspecified atom stereocenters. The van der Waals surface area contributed by atoms with Crippen molar-refractivity contribution in [1.82, 2.24) is 9.80 Å². The van der Waals surface area contributed by atoms with Gasteiger partial charge in [0.2, 0.25) is 12.3 Å². The number of hydrogen-bond donors (Lipinski definition) is 0. The van der Waals surface area contributed by atoms with Crippen LogP contribution in [-0.4, -0.2) is 48.8 Å². The van der Waals surface area contributed by atoms with E-state index in [-0.39, 0.29) is 5.91 Å². The third kappa shape index (κ3) is 6.62. The van der Waals surface area contributed by atoms with Crippen LogP contribution in [0.5, 0.6) is 0 Å². The minimum atomic E-state index is 0.222. The normalized spacial score (nSPS) is 12.3. The Balaban J connectivity index is 3.74. The summed E-state index contributed by atoms with van der Waals surface area (Å²) in [5, 5.41) is 0. The number of carbonyl (C=O) groups is 2. The number of unbranched alkanes of at least 4 members (excludes halogenated alkanes) is 2. The molecule has 0 aliphatic rings. The fraction of sp³-hybridized carbons (Fsp3) is 0.857. The zero-order valence-electron chi connectivity index (χ0n) is 12.5. The average Bonchev–Trinajstić information content (AvgIpc) is 2.35. The maximum absolute atomic E-state index is 11.9. The minimum Gasteiger partial charge on any atom is -0.348 e. The molecule has 0 fully saturated rings. The summed E-state index contributed by atoms with van der Waals surface area (Å²) in [4.78, 5) is 25.8. The lowest BCUT2D eigenvalue weighted by Crippen LogP contribution is -2.38. The topological polar surface area (TPSA) is 40.6 Å². The van der Waals surface area contributed by atoms with Gasteiger partial charge in [-0.3, -0.25) is 9.59 Å². The Kier molecular flexibility index (Phi) is 8.42. The highest BCUT2D eigenvalue weighted by molar-refractivity contribution is 5.76. The first kappa shape index (κ1) is 16.9. The number of carbonyl (C=O) groups excluding carboxylic acids is 2. The Morgan fingerprint density at radius 3 is 2.22 bits per heavy atom. The van der Waals surface area contributed by atoms with E-state index >= 15 is 0 Å². The van der Waals surface area contributed by atoms with Gasteiger partial charge in [0.25, 0.3) is 0 Å². The summed E-state index contributed by atoms with van der Waals surface area (Å²) in [6.07, 6.45) is 4.31. The molecule has 0 heterocycles. The van der Waals surface area contributed by atoms with Crippen LogP contribution in [0, 0.1) is 5.92 Å². The zero-order valence-corrected chi connectivity index (χ0v) is 12.5. The monoisotopic (exact) mass is 256 g/mol. The zero-order chi connectivity index (χ0) is 14.1. The molecule has 0 aromatic heterocycles. The highest BCUT2D eigenvalue weighted by atomic mass is 16.2. The van der Waals surface area contributed by atoms with Crippen molar-refractivity contribution in [1.29, 1.82) is 0 Å². The van der Waals surface area contributed by atoms with Gasteiger partial charge in [0.1, 0.15) is 0 Å². The molecule has 0 aromatic carbocycles. The lowest BCUT2D eigenvalue weighted by atomic mass is 10.0. The van der Waals surface area contributed by atoms with Crippen molar-refractivity contribution >= 4 is 12.3 Å². The van der Waals surface area contributed by atoms with Gasteiger partial charge in [-0.05, 0) is 25.7 Å². The van der Waals surface area contributed by atoms with Gasteiger partial charge in [-0.15, -0.1) is 0 Å². The molecule has 4 heteroatoms. The number of hydrogen-bond acceptors (Lipinski definition) is 2. The van der Waals surface area contributed by atoms with Gasteiger partial charge >= 0.3 is 0 Å². The molecule has 0 N–H and O–H groups in total. The Labute approximate surface area is 111 Å². The van der Waals surface area contributed by atoms with Gasteiger partial charge in [0, 0.05) is 33.1 Å². The molecule has 106 valence electrons. The van der Waals surface area contributed by atoms with E-state index in [0.717, 1.165) is 32.2 Å². The molecule has 18 heavy (non-hydrogen) atoms. The van der Waals surface area contributed by atoms with Crippen LogP contribution in [0.1, 0.15) is 46.5 Å². The predicted octanol–water partition coefficient (Wildman–Crippen LogP) is 2.14. The molecular formula is C14H28N2O2. The molecule has 0 spiro atoms. The van der Waals surface area contributed by atoms with Crippen molar-refractivity contribution < 1.29 is 9.59 Å². The predicted molar refractivity (Wildman–Crippen MR) is 74.2 cm³/mol. The van der Waals surface area contributed by atoms with Crippen LogP contribution in [0.25, 0.3) is 0 Å². The summed E-state index contributed by atoms with van der Waals surface area (Å²) in [6, 6.07) is 0.290. The van der Waals surface area contributed by atoms with Crippen LogP contribution in [0.2, 0.25) is 0 Å². The van der Waals surface area contributed by atoms with E-state index in [1.807, 2.05) is 11.9 Å². The van der Waals surface area contributed by atoms with E-state index in [0.29, 0.717) is 18.4 Å². The first-order valence-corrected chi connectivity index (χ1v) is 6.81. The quantitative estimate of drug-likeness (QED) is 0.468. The molecule has 0 saturated carbocycles. The molecule has 0 rings (SSSR count). The molecule has 2 amide bonds. The minimum absolute atomic E-state index is 0.222. The van der Waals surface area contributed by atoms with Gasteiger partial charge in [0.15, 0.2) is 0 Å². The lowest BCUT2D eigenvalue weighted by Gasteiger charge is -2.28. The van der Waals surface area contributed by atoms with Crippen molar-refractivity contribution in [3.05, 3.63) is 0 Å². The third-order valence-corrected chi connectivity index (χ3v) is 3.55. The molecular weight excluding hydrogens is 228 g/mol. The van der Waals surface area contributed by atoms with Gasteiger partial charge < -0.3 is 9.80 Å². The highest BCUT2D eigenvalue weighted by Crippen LogP contribution is 2.11. The maximum Gasteiger partial charge on any atom is 0.222 e. The fourth-order valence-corrected chi connectivity index (χ4v) is 1.72. The number of rotatable bonds is 9. The van der Waals surface area contributed by atoms with Crippen molar-refractivity contribution in [2.45, 2.75) is 52.5 Å². The smallest absolute Gasteiger partial charge is 0.222 e. The Morgan fingerprint density at radius 1 is 1.11 bits per heavy atom. The van der Waals surface area contributed by atoms with Crippen LogP contribution in [-0.2, 0) is 9.59 Å². The van der Waals surface area contributed by atoms with Crippen LogP contribution < -0.4 is 0 Å². The van der Waals surface area contributed by atoms with Crippen molar-refractivity contribution in [2.75, 3.05) is 20.6 Å². The molecule has 0 radical (unpaired) electrons. The standard InChI is InChI=1S/C14H28N2O2/c1-12(2)13(3)16(5)14(18)9-7-6-8-10-15(4)11-17/h11-13H,6-10H2,1-5H3. The Hall–Kier alpha value is -1.06. The van der Waals surface area contributed by atoms with E-state index in [1.54, 1.807) is 11.9 Å². The second kappa shape index (κ2) is 8.95. The summed E-state index contributed by atoms with van der Waals surface area (Å²) in [5.41, 5.74) is 0. The summed E-state index contributed by atoms with van der Waals surface area (Å²) in [7, 11) is 3.66. The summed E-state index contributed by atoms with van der Waals surface area (Å²) in [6.45, 7) is 7.12. The SMILES string of the molecule is CC(C)C(C)N(C)C(=O)CCCCCN(C)C=O. The van der Waals surface area contributed by atoms with E-state index in [2.05, 4.69) is 20.8 Å². The van der Waals surface area contributed by atoms with Gasteiger partial charge in [-0.1, -0.05) is 20.3 Å². The molecule has 0 saturated heterocycles. The van der Waals surface area contributed by atoms with Crippen LogP contribution in [0.4, 0.5) is 0 Å². The van der Waals surface area contributed by atoms with Crippen molar-refractivity contribution in [3.8, 4) is 0 Å². The summed E-state index contributed by atoms with van der Waals surface area (Å²) >= 11 is 0. The van der Waals surface area contributed by atoms with E-state index in [1.165, 1.54) is 0 Å².